The van der Waals surface area contributed by atoms with Crippen LogP contribution in [0.25, 0.3) is 0 Å². The second-order valence-electron chi connectivity index (χ2n) is 4.98. The molecule has 1 nitrogen and oxygen atoms in total. The van der Waals surface area contributed by atoms with Gasteiger partial charge in [-0.2, -0.15) is 0 Å². The molecule has 0 amide bonds. The molecule has 1 saturated carbocycles. The van der Waals surface area contributed by atoms with Gasteiger partial charge in [-0.25, -0.2) is 13.2 Å². The zero-order valence-corrected chi connectivity index (χ0v) is 10.1. The van der Waals surface area contributed by atoms with Gasteiger partial charge in [0.25, 0.3) is 0 Å². The van der Waals surface area contributed by atoms with Crippen molar-refractivity contribution in [3.05, 3.63) is 35.1 Å². The molecule has 1 unspecified atom stereocenters. The molecule has 1 aliphatic rings. The van der Waals surface area contributed by atoms with E-state index < -0.39 is 23.6 Å². The molecule has 0 bridgehead atoms. The van der Waals surface area contributed by atoms with Gasteiger partial charge in [0.1, 0.15) is 5.82 Å². The van der Waals surface area contributed by atoms with Crippen LogP contribution in [-0.4, -0.2) is 5.11 Å². The Bertz CT molecular complexity index is 412. The largest absolute Gasteiger partial charge is 0.388 e. The highest BCUT2D eigenvalue weighted by Crippen LogP contribution is 2.34. The van der Waals surface area contributed by atoms with Crippen molar-refractivity contribution in [2.45, 2.75) is 44.6 Å². The van der Waals surface area contributed by atoms with Crippen molar-refractivity contribution in [2.24, 2.45) is 5.92 Å². The third-order valence-corrected chi connectivity index (χ3v) is 3.70. The molecule has 0 saturated heterocycles. The minimum Gasteiger partial charge on any atom is -0.388 e. The summed E-state index contributed by atoms with van der Waals surface area (Å²) in [5, 5.41) is 10.1. The molecule has 0 aromatic heterocycles. The number of benzene rings is 1. The molecule has 4 heteroatoms. The molecule has 0 spiro atoms. The normalized spacial score (nSPS) is 19.6. The molecule has 1 aromatic rings. The Morgan fingerprint density at radius 2 is 1.44 bits per heavy atom. The Hall–Kier alpha value is -1.03. The van der Waals surface area contributed by atoms with Crippen molar-refractivity contribution in [3.63, 3.8) is 0 Å². The zero-order valence-electron chi connectivity index (χ0n) is 10.1. The summed E-state index contributed by atoms with van der Waals surface area (Å²) in [6.07, 6.45) is 4.78. The van der Waals surface area contributed by atoms with Crippen molar-refractivity contribution in [1.82, 2.24) is 0 Å². The standard InChI is InChI=1S/C14H17F3O/c15-11-8-13(17)12(16)7-10(11)14(18)9-5-3-1-2-4-6-9/h7-9,14,18H,1-6H2. The molecule has 1 atom stereocenters. The van der Waals surface area contributed by atoms with E-state index in [0.717, 1.165) is 44.6 Å². The van der Waals surface area contributed by atoms with Gasteiger partial charge in [0.05, 0.1) is 6.10 Å². The topological polar surface area (TPSA) is 20.2 Å². The van der Waals surface area contributed by atoms with Gasteiger partial charge in [-0.15, -0.1) is 0 Å². The molecule has 1 aliphatic carbocycles. The van der Waals surface area contributed by atoms with Crippen molar-refractivity contribution in [1.29, 1.82) is 0 Å². The molecule has 0 radical (unpaired) electrons. The van der Waals surface area contributed by atoms with Gasteiger partial charge in [-0.05, 0) is 24.8 Å². The molecular weight excluding hydrogens is 241 g/mol. The lowest BCUT2D eigenvalue weighted by Crippen LogP contribution is -2.14. The number of aliphatic hydroxyl groups excluding tert-OH is 1. The highest BCUT2D eigenvalue weighted by molar-refractivity contribution is 5.22. The van der Waals surface area contributed by atoms with Crippen LogP contribution in [0.5, 0.6) is 0 Å². The first-order valence-electron chi connectivity index (χ1n) is 6.42. The summed E-state index contributed by atoms with van der Waals surface area (Å²) in [5.41, 5.74) is -0.124. The maximum atomic E-state index is 13.6. The first kappa shape index (κ1) is 13.4. The Labute approximate surface area is 105 Å². The molecule has 1 aromatic carbocycles. The molecule has 100 valence electrons. The van der Waals surface area contributed by atoms with E-state index in [9.17, 15) is 18.3 Å². The zero-order chi connectivity index (χ0) is 13.1. The first-order valence-corrected chi connectivity index (χ1v) is 6.42. The van der Waals surface area contributed by atoms with E-state index in [0.29, 0.717) is 6.07 Å². The van der Waals surface area contributed by atoms with Gasteiger partial charge >= 0.3 is 0 Å². The Morgan fingerprint density at radius 3 is 2.06 bits per heavy atom. The van der Waals surface area contributed by atoms with Gasteiger partial charge in [0, 0.05) is 11.6 Å². The average Bonchev–Trinajstić information content (AvgIpc) is 2.61. The minimum absolute atomic E-state index is 0.0631. The quantitative estimate of drug-likeness (QED) is 0.625. The summed E-state index contributed by atoms with van der Waals surface area (Å²) >= 11 is 0. The SMILES string of the molecule is OC(c1cc(F)c(F)cc1F)C1CCCCCC1. The fraction of sp³-hybridized carbons (Fsp3) is 0.571. The predicted molar refractivity (Wildman–Crippen MR) is 62.5 cm³/mol. The summed E-state index contributed by atoms with van der Waals surface area (Å²) in [6, 6.07) is 1.28. The highest BCUT2D eigenvalue weighted by atomic mass is 19.2. The van der Waals surface area contributed by atoms with Crippen LogP contribution in [-0.2, 0) is 0 Å². The fourth-order valence-corrected chi connectivity index (χ4v) is 2.65. The maximum absolute atomic E-state index is 13.6. The number of aliphatic hydroxyl groups is 1. The van der Waals surface area contributed by atoms with Gasteiger partial charge in [0.15, 0.2) is 11.6 Å². The predicted octanol–water partition coefficient (Wildman–Crippen LogP) is 4.11. The second kappa shape index (κ2) is 5.74. The molecule has 2 rings (SSSR count). The lowest BCUT2D eigenvalue weighted by Gasteiger charge is -2.22. The van der Waals surface area contributed by atoms with Crippen molar-refractivity contribution in [3.8, 4) is 0 Å². The van der Waals surface area contributed by atoms with Gasteiger partial charge in [-0.1, -0.05) is 25.7 Å². The monoisotopic (exact) mass is 258 g/mol. The lowest BCUT2D eigenvalue weighted by molar-refractivity contribution is 0.0947. The molecule has 0 heterocycles. The van der Waals surface area contributed by atoms with Crippen LogP contribution >= 0.6 is 0 Å². The van der Waals surface area contributed by atoms with Gasteiger partial charge < -0.3 is 5.11 Å². The summed E-state index contributed by atoms with van der Waals surface area (Å²) in [6.45, 7) is 0. The van der Waals surface area contributed by atoms with E-state index in [-0.39, 0.29) is 11.5 Å². The fourth-order valence-electron chi connectivity index (χ4n) is 2.65. The summed E-state index contributed by atoms with van der Waals surface area (Å²) in [7, 11) is 0. The van der Waals surface area contributed by atoms with Crippen LogP contribution in [0, 0.1) is 23.4 Å². The van der Waals surface area contributed by atoms with Crippen molar-refractivity contribution in [2.75, 3.05) is 0 Å². The van der Waals surface area contributed by atoms with Gasteiger partial charge in [0.2, 0.25) is 0 Å². The molecule has 18 heavy (non-hydrogen) atoms. The van der Waals surface area contributed by atoms with Crippen LogP contribution in [0.1, 0.15) is 50.2 Å². The van der Waals surface area contributed by atoms with Crippen LogP contribution in [0.4, 0.5) is 13.2 Å². The second-order valence-corrected chi connectivity index (χ2v) is 4.98. The average molecular weight is 258 g/mol. The molecule has 1 fully saturated rings. The summed E-state index contributed by atoms with van der Waals surface area (Å²) in [5.74, 6) is -3.26. The number of halogens is 3. The summed E-state index contributed by atoms with van der Waals surface area (Å²) in [4.78, 5) is 0. The van der Waals surface area contributed by atoms with Crippen molar-refractivity contribution >= 4 is 0 Å². The van der Waals surface area contributed by atoms with Gasteiger partial charge in [-0.3, -0.25) is 0 Å². The van der Waals surface area contributed by atoms with E-state index in [2.05, 4.69) is 0 Å². The number of hydrogen-bond donors (Lipinski definition) is 1. The lowest BCUT2D eigenvalue weighted by atomic mass is 9.89. The van der Waals surface area contributed by atoms with Crippen LogP contribution in [0.15, 0.2) is 12.1 Å². The van der Waals surface area contributed by atoms with E-state index >= 15 is 0 Å². The van der Waals surface area contributed by atoms with E-state index in [1.807, 2.05) is 0 Å². The smallest absolute Gasteiger partial charge is 0.161 e. The van der Waals surface area contributed by atoms with E-state index in [4.69, 9.17) is 0 Å². The van der Waals surface area contributed by atoms with E-state index in [1.165, 1.54) is 0 Å². The number of rotatable bonds is 2. The van der Waals surface area contributed by atoms with Crippen LogP contribution in [0.2, 0.25) is 0 Å². The molecular formula is C14H17F3O. The minimum atomic E-state index is -1.22. The third kappa shape index (κ3) is 2.86. The molecule has 0 aliphatic heterocycles. The van der Waals surface area contributed by atoms with Crippen LogP contribution in [0.3, 0.4) is 0 Å². The van der Waals surface area contributed by atoms with Crippen molar-refractivity contribution < 1.29 is 18.3 Å². The van der Waals surface area contributed by atoms with Crippen LogP contribution < -0.4 is 0 Å². The van der Waals surface area contributed by atoms with E-state index in [1.54, 1.807) is 0 Å². The highest BCUT2D eigenvalue weighted by Gasteiger charge is 2.25. The maximum Gasteiger partial charge on any atom is 0.161 e. The Morgan fingerprint density at radius 1 is 0.889 bits per heavy atom. The molecule has 1 N–H and O–H groups in total. The Balaban J connectivity index is 2.21. The summed E-state index contributed by atoms with van der Waals surface area (Å²) < 4.78 is 39.5. The number of hydrogen-bond acceptors (Lipinski definition) is 1. The third-order valence-electron chi connectivity index (χ3n) is 3.70. The first-order chi connectivity index (χ1) is 8.59. The Kier molecular flexibility index (Phi) is 4.27.